The van der Waals surface area contributed by atoms with E-state index in [0.717, 1.165) is 40.3 Å². The van der Waals surface area contributed by atoms with Gasteiger partial charge in [0.25, 0.3) is 5.91 Å². The Morgan fingerprint density at radius 2 is 2.25 bits per heavy atom. The molecule has 20 heavy (non-hydrogen) atoms. The lowest BCUT2D eigenvalue weighted by molar-refractivity contribution is 0.0946. The Morgan fingerprint density at radius 3 is 3.05 bits per heavy atom. The molecular formula is C15H14BrNO2S. The third-order valence-corrected chi connectivity index (χ3v) is 5.71. The van der Waals surface area contributed by atoms with Crippen molar-refractivity contribution in [2.75, 3.05) is 13.7 Å². The summed E-state index contributed by atoms with van der Waals surface area (Å²) in [7, 11) is 1.67. The van der Waals surface area contributed by atoms with Crippen LogP contribution in [0.1, 0.15) is 31.2 Å². The molecule has 1 aromatic heterocycles. The van der Waals surface area contributed by atoms with E-state index in [1.165, 1.54) is 0 Å². The highest BCUT2D eigenvalue weighted by molar-refractivity contribution is 9.09. The van der Waals surface area contributed by atoms with Crippen LogP contribution in [0.3, 0.4) is 0 Å². The molecule has 1 atom stereocenters. The molecule has 2 heterocycles. The molecule has 2 aromatic rings. The third-order valence-electron chi connectivity index (χ3n) is 3.46. The van der Waals surface area contributed by atoms with E-state index in [0.29, 0.717) is 0 Å². The average molecular weight is 352 g/mol. The number of hydrogen-bond donors (Lipinski definition) is 1. The van der Waals surface area contributed by atoms with Gasteiger partial charge in [0.05, 0.1) is 16.8 Å². The Hall–Kier alpha value is -1.33. The monoisotopic (exact) mass is 351 g/mol. The molecule has 104 valence electrons. The molecule has 3 nitrogen and oxygen atoms in total. The standard InChI is InChI=1S/C15H14BrNO2S/c1-19-12-5-7-20-14(12)13(16)10-3-2-9-4-6-17-15(18)11(9)8-10/h2-3,5,7-8,13H,4,6H2,1H3,(H,17,18). The maximum Gasteiger partial charge on any atom is 0.251 e. The van der Waals surface area contributed by atoms with Gasteiger partial charge in [-0.15, -0.1) is 11.3 Å². The van der Waals surface area contributed by atoms with Crippen LogP contribution >= 0.6 is 27.3 Å². The number of alkyl halides is 1. The minimum Gasteiger partial charge on any atom is -0.496 e. The SMILES string of the molecule is COc1ccsc1C(Br)c1ccc2c(c1)C(=O)NCC2. The first-order chi connectivity index (χ1) is 9.70. The summed E-state index contributed by atoms with van der Waals surface area (Å²) in [6.45, 7) is 0.724. The van der Waals surface area contributed by atoms with E-state index < -0.39 is 0 Å². The van der Waals surface area contributed by atoms with E-state index in [-0.39, 0.29) is 10.7 Å². The van der Waals surface area contributed by atoms with Gasteiger partial charge >= 0.3 is 0 Å². The summed E-state index contributed by atoms with van der Waals surface area (Å²) in [6, 6.07) is 8.07. The van der Waals surface area contributed by atoms with Crippen molar-refractivity contribution >= 4 is 33.2 Å². The Balaban J connectivity index is 1.98. The van der Waals surface area contributed by atoms with Crippen molar-refractivity contribution in [2.24, 2.45) is 0 Å². The average Bonchev–Trinajstić information content (AvgIpc) is 2.95. The van der Waals surface area contributed by atoms with Crippen molar-refractivity contribution in [3.8, 4) is 5.75 Å². The Labute approximate surface area is 130 Å². The Morgan fingerprint density at radius 1 is 1.40 bits per heavy atom. The first-order valence-corrected chi connectivity index (χ1v) is 8.16. The number of methoxy groups -OCH3 is 1. The Bertz CT molecular complexity index is 653. The lowest BCUT2D eigenvalue weighted by Crippen LogP contribution is -2.31. The number of halogens is 1. The van der Waals surface area contributed by atoms with Crippen LogP contribution in [0, 0.1) is 0 Å². The highest BCUT2D eigenvalue weighted by Gasteiger charge is 2.21. The van der Waals surface area contributed by atoms with Crippen LogP contribution in [0.4, 0.5) is 0 Å². The second kappa shape index (κ2) is 5.58. The molecule has 1 N–H and O–H groups in total. The highest BCUT2D eigenvalue weighted by Crippen LogP contribution is 2.40. The van der Waals surface area contributed by atoms with Crippen LogP contribution in [0.2, 0.25) is 0 Å². The fourth-order valence-electron chi connectivity index (χ4n) is 2.40. The fourth-order valence-corrected chi connectivity index (χ4v) is 4.10. The largest absolute Gasteiger partial charge is 0.496 e. The summed E-state index contributed by atoms with van der Waals surface area (Å²) in [6.07, 6.45) is 0.899. The van der Waals surface area contributed by atoms with Gasteiger partial charge in [-0.3, -0.25) is 4.79 Å². The predicted octanol–water partition coefficient (Wildman–Crippen LogP) is 3.53. The molecule has 0 spiro atoms. The second-order valence-corrected chi connectivity index (χ2v) is 6.50. The van der Waals surface area contributed by atoms with Gasteiger partial charge in [-0.05, 0) is 35.1 Å². The minimum atomic E-state index is 0.0194. The molecular weight excluding hydrogens is 338 g/mol. The van der Waals surface area contributed by atoms with Gasteiger partial charge in [-0.2, -0.15) is 0 Å². The molecule has 0 radical (unpaired) electrons. The summed E-state index contributed by atoms with van der Waals surface area (Å²) in [4.78, 5) is 13.1. The quantitative estimate of drug-likeness (QED) is 0.859. The minimum absolute atomic E-state index is 0.0194. The number of carbonyl (C=O) groups excluding carboxylic acids is 1. The number of benzene rings is 1. The third kappa shape index (κ3) is 2.36. The first-order valence-electron chi connectivity index (χ1n) is 6.37. The van der Waals surface area contributed by atoms with E-state index in [2.05, 4.69) is 33.4 Å². The van der Waals surface area contributed by atoms with Crippen LogP contribution in [0.5, 0.6) is 5.75 Å². The van der Waals surface area contributed by atoms with Crippen LogP contribution in [0.15, 0.2) is 29.6 Å². The van der Waals surface area contributed by atoms with Crippen LogP contribution in [-0.4, -0.2) is 19.6 Å². The molecule has 0 saturated heterocycles. The zero-order valence-electron chi connectivity index (χ0n) is 11.0. The van der Waals surface area contributed by atoms with E-state index >= 15 is 0 Å². The second-order valence-electron chi connectivity index (χ2n) is 4.64. The van der Waals surface area contributed by atoms with Gasteiger partial charge in [-0.25, -0.2) is 0 Å². The summed E-state index contributed by atoms with van der Waals surface area (Å²) in [5.41, 5.74) is 2.98. The predicted molar refractivity (Wildman–Crippen MR) is 84.1 cm³/mol. The number of fused-ring (bicyclic) bond motifs is 1. The molecule has 1 amide bonds. The van der Waals surface area contributed by atoms with Crippen LogP contribution in [-0.2, 0) is 6.42 Å². The molecule has 0 aliphatic carbocycles. The molecule has 1 aromatic carbocycles. The van der Waals surface area contributed by atoms with Crippen molar-refractivity contribution < 1.29 is 9.53 Å². The van der Waals surface area contributed by atoms with Gasteiger partial charge in [0.15, 0.2) is 0 Å². The number of hydrogen-bond acceptors (Lipinski definition) is 3. The van der Waals surface area contributed by atoms with Gasteiger partial charge in [0.2, 0.25) is 0 Å². The van der Waals surface area contributed by atoms with Crippen molar-refractivity contribution in [3.63, 3.8) is 0 Å². The van der Waals surface area contributed by atoms with Gasteiger partial charge in [0.1, 0.15) is 5.75 Å². The molecule has 1 aliphatic heterocycles. The maximum atomic E-state index is 11.9. The number of carbonyl (C=O) groups is 1. The number of thiophene rings is 1. The smallest absolute Gasteiger partial charge is 0.251 e. The Kier molecular flexibility index (Phi) is 3.81. The van der Waals surface area contributed by atoms with Gasteiger partial charge in [0, 0.05) is 12.1 Å². The van der Waals surface area contributed by atoms with Crippen LogP contribution in [0.25, 0.3) is 0 Å². The maximum absolute atomic E-state index is 11.9. The van der Waals surface area contributed by atoms with E-state index in [9.17, 15) is 4.79 Å². The highest BCUT2D eigenvalue weighted by atomic mass is 79.9. The molecule has 0 saturated carbocycles. The number of rotatable bonds is 3. The summed E-state index contributed by atoms with van der Waals surface area (Å²) < 4.78 is 5.36. The number of amides is 1. The number of nitrogens with one attached hydrogen (secondary N) is 1. The molecule has 1 unspecified atom stereocenters. The molecule has 0 bridgehead atoms. The summed E-state index contributed by atoms with van der Waals surface area (Å²) in [5.74, 6) is 0.894. The molecule has 0 fully saturated rings. The fraction of sp³-hybridized carbons (Fsp3) is 0.267. The summed E-state index contributed by atoms with van der Waals surface area (Å²) in [5, 5.41) is 4.89. The van der Waals surface area contributed by atoms with Gasteiger partial charge in [-0.1, -0.05) is 28.1 Å². The zero-order valence-corrected chi connectivity index (χ0v) is 13.4. The molecule has 3 rings (SSSR count). The van der Waals surface area contributed by atoms with Crippen molar-refractivity contribution in [1.82, 2.24) is 5.32 Å². The summed E-state index contributed by atoms with van der Waals surface area (Å²) >= 11 is 5.35. The van der Waals surface area contributed by atoms with E-state index in [1.807, 2.05) is 17.5 Å². The van der Waals surface area contributed by atoms with E-state index in [4.69, 9.17) is 4.74 Å². The lowest BCUT2D eigenvalue weighted by Gasteiger charge is -2.19. The lowest BCUT2D eigenvalue weighted by atomic mass is 9.96. The normalized spacial score (nSPS) is 15.4. The van der Waals surface area contributed by atoms with Crippen molar-refractivity contribution in [1.29, 1.82) is 0 Å². The molecule has 1 aliphatic rings. The molecule has 5 heteroatoms. The van der Waals surface area contributed by atoms with Crippen LogP contribution < -0.4 is 10.1 Å². The number of ether oxygens (including phenoxy) is 1. The first kappa shape index (κ1) is 13.6. The van der Waals surface area contributed by atoms with Crippen molar-refractivity contribution in [2.45, 2.75) is 11.2 Å². The topological polar surface area (TPSA) is 38.3 Å². The zero-order chi connectivity index (χ0) is 14.1. The van der Waals surface area contributed by atoms with Gasteiger partial charge < -0.3 is 10.1 Å². The van der Waals surface area contributed by atoms with E-state index in [1.54, 1.807) is 18.4 Å². The van der Waals surface area contributed by atoms with Crippen molar-refractivity contribution in [3.05, 3.63) is 51.2 Å².